The quantitative estimate of drug-likeness (QED) is 0.586. The number of aryl methyl sites for hydroxylation is 1. The molecule has 0 aliphatic carbocycles. The number of aromatic nitrogens is 2. The molecule has 0 bridgehead atoms. The summed E-state index contributed by atoms with van der Waals surface area (Å²) in [5, 5.41) is 2.30. The van der Waals surface area contributed by atoms with Gasteiger partial charge in [0.25, 0.3) is 0 Å². The number of carbonyl (C=O) groups excluding carboxylic acids is 2. The van der Waals surface area contributed by atoms with Crippen LogP contribution in [0, 0.1) is 3.57 Å². The van der Waals surface area contributed by atoms with Gasteiger partial charge in [-0.3, -0.25) is 24.0 Å². The molecule has 0 saturated carbocycles. The maximum Gasteiger partial charge on any atom is 0.329 e. The highest BCUT2D eigenvalue weighted by molar-refractivity contribution is 14.1. The Hall–Kier alpha value is -1.64. The summed E-state index contributed by atoms with van der Waals surface area (Å²) in [6.07, 6.45) is 0.608. The van der Waals surface area contributed by atoms with Crippen LogP contribution in [-0.4, -0.2) is 20.9 Å². The molecule has 1 aliphatic rings. The Bertz CT molecular complexity index is 790. The number of rotatable bonds is 1. The van der Waals surface area contributed by atoms with E-state index in [1.54, 1.807) is 7.05 Å². The predicted molar refractivity (Wildman–Crippen MR) is 81.3 cm³/mol. The van der Waals surface area contributed by atoms with Crippen molar-refractivity contribution >= 4 is 45.4 Å². The van der Waals surface area contributed by atoms with Crippen molar-refractivity contribution in [1.82, 2.24) is 14.5 Å². The lowest BCUT2D eigenvalue weighted by atomic mass is 10.1. The van der Waals surface area contributed by atoms with E-state index in [2.05, 4.69) is 27.9 Å². The molecule has 0 spiro atoms. The zero-order valence-corrected chi connectivity index (χ0v) is 12.9. The minimum atomic E-state index is -0.625. The summed E-state index contributed by atoms with van der Waals surface area (Å²) < 4.78 is 3.93. The average Bonchev–Trinajstić information content (AvgIpc) is 2.65. The zero-order valence-electron chi connectivity index (χ0n) is 10.7. The van der Waals surface area contributed by atoms with Crippen LogP contribution in [-0.2, 0) is 16.6 Å². The molecule has 0 radical (unpaired) electrons. The number of nitrogens with one attached hydrogen (secondary N) is 1. The first-order valence-corrected chi connectivity index (χ1v) is 7.27. The lowest BCUT2D eigenvalue weighted by molar-refractivity contribution is -0.135. The lowest BCUT2D eigenvalue weighted by Crippen LogP contribution is -2.44. The fourth-order valence-corrected chi connectivity index (χ4v) is 3.33. The number of imidazole rings is 1. The van der Waals surface area contributed by atoms with Crippen molar-refractivity contribution in [3.8, 4) is 0 Å². The van der Waals surface area contributed by atoms with Gasteiger partial charge in [0.1, 0.15) is 6.04 Å². The van der Waals surface area contributed by atoms with E-state index < -0.39 is 11.9 Å². The second-order valence-corrected chi connectivity index (χ2v) is 5.95. The maximum atomic E-state index is 12.4. The molecule has 1 atom stereocenters. The van der Waals surface area contributed by atoms with E-state index in [4.69, 9.17) is 0 Å². The molecule has 1 N–H and O–H groups in total. The number of fused-ring (bicyclic) bond motifs is 1. The van der Waals surface area contributed by atoms with Gasteiger partial charge in [0.15, 0.2) is 0 Å². The first-order valence-electron chi connectivity index (χ1n) is 6.20. The first-order chi connectivity index (χ1) is 9.50. The van der Waals surface area contributed by atoms with Gasteiger partial charge < -0.3 is 0 Å². The van der Waals surface area contributed by atoms with Crippen molar-refractivity contribution < 1.29 is 9.59 Å². The fraction of sp³-hybridized carbons (Fsp3) is 0.308. The van der Waals surface area contributed by atoms with E-state index in [9.17, 15) is 14.4 Å². The van der Waals surface area contributed by atoms with Gasteiger partial charge in [0, 0.05) is 17.0 Å². The van der Waals surface area contributed by atoms with Crippen molar-refractivity contribution in [3.05, 3.63) is 32.3 Å². The van der Waals surface area contributed by atoms with Gasteiger partial charge in [-0.2, -0.15) is 0 Å². The van der Waals surface area contributed by atoms with Gasteiger partial charge in [-0.1, -0.05) is 6.07 Å². The number of imide groups is 1. The van der Waals surface area contributed by atoms with Gasteiger partial charge in [-0.25, -0.2) is 4.79 Å². The number of carbonyl (C=O) groups is 2. The molecular formula is C13H12IN3O3. The largest absolute Gasteiger partial charge is 0.329 e. The van der Waals surface area contributed by atoms with Crippen LogP contribution < -0.4 is 11.0 Å². The fourth-order valence-electron chi connectivity index (χ4n) is 2.59. The monoisotopic (exact) mass is 385 g/mol. The SMILES string of the molecule is Cn1c(=O)n(C2CCC(=O)NC2=O)c2c(I)cccc21. The zero-order chi connectivity index (χ0) is 14.4. The van der Waals surface area contributed by atoms with Crippen LogP contribution in [0.1, 0.15) is 18.9 Å². The van der Waals surface area contributed by atoms with E-state index >= 15 is 0 Å². The Morgan fingerprint density at radius 2 is 2.05 bits per heavy atom. The van der Waals surface area contributed by atoms with Crippen LogP contribution in [0.15, 0.2) is 23.0 Å². The van der Waals surface area contributed by atoms with Crippen molar-refractivity contribution in [1.29, 1.82) is 0 Å². The van der Waals surface area contributed by atoms with Crippen LogP contribution in [0.25, 0.3) is 11.0 Å². The molecule has 1 aliphatic heterocycles. The van der Waals surface area contributed by atoms with Crippen LogP contribution in [0.3, 0.4) is 0 Å². The molecular weight excluding hydrogens is 373 g/mol. The highest BCUT2D eigenvalue weighted by atomic mass is 127. The van der Waals surface area contributed by atoms with Crippen molar-refractivity contribution in [3.63, 3.8) is 0 Å². The number of hydrogen-bond acceptors (Lipinski definition) is 3. The van der Waals surface area contributed by atoms with E-state index in [-0.39, 0.29) is 18.0 Å². The molecule has 20 heavy (non-hydrogen) atoms. The molecule has 7 heteroatoms. The van der Waals surface area contributed by atoms with Gasteiger partial charge >= 0.3 is 5.69 Å². The molecule has 2 heterocycles. The summed E-state index contributed by atoms with van der Waals surface area (Å²) in [6, 6.07) is 4.99. The van der Waals surface area contributed by atoms with Crippen molar-refractivity contribution in [2.75, 3.05) is 0 Å². The third kappa shape index (κ3) is 1.88. The summed E-state index contributed by atoms with van der Waals surface area (Å²) in [6.45, 7) is 0. The normalized spacial score (nSPS) is 19.4. The average molecular weight is 385 g/mol. The van der Waals surface area contributed by atoms with Gasteiger partial charge in [-0.15, -0.1) is 0 Å². The predicted octanol–water partition coefficient (Wildman–Crippen LogP) is 0.922. The van der Waals surface area contributed by atoms with Gasteiger partial charge in [0.2, 0.25) is 11.8 Å². The Kier molecular flexibility index (Phi) is 3.15. The number of amides is 2. The Morgan fingerprint density at radius 1 is 1.30 bits per heavy atom. The number of benzene rings is 1. The van der Waals surface area contributed by atoms with E-state index in [1.165, 1.54) is 9.13 Å². The maximum absolute atomic E-state index is 12.4. The standard InChI is InChI=1S/C13H12IN3O3/c1-16-8-4-2-3-7(14)11(8)17(13(16)20)9-5-6-10(18)15-12(9)19/h2-4,9H,5-6H2,1H3,(H,15,18,19). The summed E-state index contributed by atoms with van der Waals surface area (Å²) in [5.74, 6) is -0.690. The van der Waals surface area contributed by atoms with E-state index in [0.717, 1.165) is 14.6 Å². The molecule has 1 fully saturated rings. The second-order valence-electron chi connectivity index (χ2n) is 4.79. The minimum Gasteiger partial charge on any atom is -0.295 e. The molecule has 1 saturated heterocycles. The number of piperidine rings is 1. The summed E-state index contributed by atoms with van der Waals surface area (Å²) in [4.78, 5) is 35.7. The van der Waals surface area contributed by atoms with E-state index in [0.29, 0.717) is 6.42 Å². The highest BCUT2D eigenvalue weighted by Crippen LogP contribution is 2.26. The molecule has 3 rings (SSSR count). The molecule has 1 aromatic heterocycles. The first kappa shape index (κ1) is 13.3. The summed E-state index contributed by atoms with van der Waals surface area (Å²) in [5.41, 5.74) is 1.29. The van der Waals surface area contributed by atoms with Crippen molar-refractivity contribution in [2.24, 2.45) is 7.05 Å². The highest BCUT2D eigenvalue weighted by Gasteiger charge is 2.31. The molecule has 104 valence electrons. The van der Waals surface area contributed by atoms with Crippen molar-refractivity contribution in [2.45, 2.75) is 18.9 Å². The summed E-state index contributed by atoms with van der Waals surface area (Å²) in [7, 11) is 1.68. The van der Waals surface area contributed by atoms with Crippen LogP contribution in [0.4, 0.5) is 0 Å². The topological polar surface area (TPSA) is 73.1 Å². The van der Waals surface area contributed by atoms with Crippen LogP contribution >= 0.6 is 22.6 Å². The molecule has 2 aromatic rings. The Balaban J connectivity index is 2.26. The van der Waals surface area contributed by atoms with Gasteiger partial charge in [0.05, 0.1) is 11.0 Å². The van der Waals surface area contributed by atoms with Crippen LogP contribution in [0.5, 0.6) is 0 Å². The summed E-state index contributed by atoms with van der Waals surface area (Å²) >= 11 is 2.15. The number of hydrogen-bond donors (Lipinski definition) is 1. The third-order valence-electron chi connectivity index (χ3n) is 3.58. The number of halogens is 1. The molecule has 1 aromatic carbocycles. The Labute approximate surface area is 127 Å². The van der Waals surface area contributed by atoms with Gasteiger partial charge in [-0.05, 0) is 41.1 Å². The lowest BCUT2D eigenvalue weighted by Gasteiger charge is -2.22. The second kappa shape index (κ2) is 4.72. The van der Waals surface area contributed by atoms with Crippen LogP contribution in [0.2, 0.25) is 0 Å². The number of nitrogens with zero attached hydrogens (tertiary/aromatic N) is 2. The Morgan fingerprint density at radius 3 is 2.75 bits per heavy atom. The smallest absolute Gasteiger partial charge is 0.295 e. The molecule has 1 unspecified atom stereocenters. The molecule has 6 nitrogen and oxygen atoms in total. The molecule has 2 amide bonds. The third-order valence-corrected chi connectivity index (χ3v) is 4.45. The number of para-hydroxylation sites is 1. The van der Waals surface area contributed by atoms with E-state index in [1.807, 2.05) is 18.2 Å². The minimum absolute atomic E-state index is 0.237.